The van der Waals surface area contributed by atoms with Gasteiger partial charge >= 0.3 is 6.18 Å². The molecule has 4 aromatic rings. The number of fused-ring (bicyclic) bond motifs is 1. The number of aromatic nitrogens is 3. The molecule has 2 aromatic carbocycles. The van der Waals surface area contributed by atoms with E-state index in [1.807, 2.05) is 16.5 Å². The minimum Gasteiger partial charge on any atom is -0.357 e. The van der Waals surface area contributed by atoms with E-state index in [-0.39, 0.29) is 35.7 Å². The first-order chi connectivity index (χ1) is 24.4. The van der Waals surface area contributed by atoms with Gasteiger partial charge < -0.3 is 25.4 Å². The summed E-state index contributed by atoms with van der Waals surface area (Å²) in [5.74, 6) is 4.75. The quantitative estimate of drug-likeness (QED) is 0.181. The Morgan fingerprint density at radius 1 is 1.02 bits per heavy atom. The Morgan fingerprint density at radius 2 is 1.76 bits per heavy atom. The molecule has 1 fully saturated rings. The number of nitrogens with one attached hydrogen (secondary N) is 3. The lowest BCUT2D eigenvalue weighted by molar-refractivity contribution is -0.138. The molecule has 0 radical (unpaired) electrons. The Hall–Kier alpha value is -5.26. The van der Waals surface area contributed by atoms with E-state index in [0.29, 0.717) is 60.1 Å². The zero-order chi connectivity index (χ0) is 36.3. The summed E-state index contributed by atoms with van der Waals surface area (Å²) in [5, 5.41) is 8.30. The van der Waals surface area contributed by atoms with Crippen LogP contribution in [0.15, 0.2) is 48.7 Å². The number of hydrogen-bond donors (Lipinski definition) is 3. The van der Waals surface area contributed by atoms with Crippen LogP contribution in [0.1, 0.15) is 50.8 Å². The maximum atomic E-state index is 15.0. The highest BCUT2D eigenvalue weighted by atomic mass is 19.4. The molecule has 14 heteroatoms. The molecule has 4 heterocycles. The maximum Gasteiger partial charge on any atom is 0.416 e. The highest BCUT2D eigenvalue weighted by molar-refractivity contribution is 5.98. The van der Waals surface area contributed by atoms with Crippen molar-refractivity contribution >= 4 is 23.5 Å². The lowest BCUT2D eigenvalue weighted by atomic mass is 10.0. The summed E-state index contributed by atoms with van der Waals surface area (Å²) in [6, 6.07) is 9.64. The van der Waals surface area contributed by atoms with Crippen LogP contribution in [0.4, 0.5) is 29.2 Å². The molecule has 3 N–H and O–H groups in total. The van der Waals surface area contributed by atoms with Gasteiger partial charge in [0.25, 0.3) is 5.91 Å². The predicted molar refractivity (Wildman–Crippen MR) is 186 cm³/mol. The number of alkyl halides is 3. The van der Waals surface area contributed by atoms with Crippen LogP contribution in [0.2, 0.25) is 0 Å². The van der Waals surface area contributed by atoms with E-state index in [9.17, 15) is 27.2 Å². The van der Waals surface area contributed by atoms with E-state index in [4.69, 9.17) is 0 Å². The largest absolute Gasteiger partial charge is 0.416 e. The fraction of sp³-hybridized carbons (Fsp3) is 0.351. The second kappa shape index (κ2) is 14.9. The van der Waals surface area contributed by atoms with E-state index in [0.717, 1.165) is 31.4 Å². The Labute approximate surface area is 293 Å². The number of anilines is 2. The number of nitrogens with zero attached hydrogens (tertiary/aromatic N) is 5. The lowest BCUT2D eigenvalue weighted by Crippen LogP contribution is -2.45. The third-order valence-corrected chi connectivity index (χ3v) is 9.24. The normalized spacial score (nSPS) is 15.1. The molecule has 0 bridgehead atoms. The van der Waals surface area contributed by atoms with Crippen molar-refractivity contribution in [3.63, 3.8) is 0 Å². The molecule has 1 saturated heterocycles. The van der Waals surface area contributed by atoms with Crippen molar-refractivity contribution in [2.45, 2.75) is 32.5 Å². The minimum atomic E-state index is -4.60. The molecular formula is C37H38F4N8O2. The fourth-order valence-corrected chi connectivity index (χ4v) is 6.41. The minimum absolute atomic E-state index is 0.0120. The summed E-state index contributed by atoms with van der Waals surface area (Å²) >= 11 is 0. The fourth-order valence-electron chi connectivity index (χ4n) is 6.41. The topological polar surface area (TPSA) is 107 Å². The smallest absolute Gasteiger partial charge is 0.357 e. The van der Waals surface area contributed by atoms with Crippen molar-refractivity contribution in [1.82, 2.24) is 29.7 Å². The summed E-state index contributed by atoms with van der Waals surface area (Å²) < 4.78 is 59.1. The van der Waals surface area contributed by atoms with Gasteiger partial charge in [-0.2, -0.15) is 13.2 Å². The summed E-state index contributed by atoms with van der Waals surface area (Å²) in [5.41, 5.74) is 2.70. The molecule has 6 rings (SSSR count). The molecule has 0 spiro atoms. The molecule has 10 nitrogen and oxygen atoms in total. The average Bonchev–Trinajstić information content (AvgIpc) is 3.45. The van der Waals surface area contributed by atoms with Crippen molar-refractivity contribution in [3.8, 4) is 23.2 Å². The third kappa shape index (κ3) is 8.05. The molecule has 266 valence electrons. The molecule has 51 heavy (non-hydrogen) atoms. The highest BCUT2D eigenvalue weighted by Crippen LogP contribution is 2.35. The number of likely N-dealkylation sites (N-methyl/N-ethyl adjacent to an activating group) is 1. The third-order valence-electron chi connectivity index (χ3n) is 9.24. The van der Waals surface area contributed by atoms with Crippen LogP contribution in [0, 0.1) is 17.7 Å². The number of amides is 2. The van der Waals surface area contributed by atoms with E-state index in [1.54, 1.807) is 13.1 Å². The van der Waals surface area contributed by atoms with Gasteiger partial charge in [-0.15, -0.1) is 0 Å². The van der Waals surface area contributed by atoms with Crippen LogP contribution in [0.5, 0.6) is 0 Å². The molecule has 2 aromatic heterocycles. The highest BCUT2D eigenvalue weighted by Gasteiger charge is 2.34. The van der Waals surface area contributed by atoms with Gasteiger partial charge in [-0.3, -0.25) is 14.5 Å². The van der Waals surface area contributed by atoms with Gasteiger partial charge in [-0.1, -0.05) is 30.9 Å². The van der Waals surface area contributed by atoms with Crippen LogP contribution < -0.4 is 16.0 Å². The van der Waals surface area contributed by atoms with Crippen LogP contribution in [0.25, 0.3) is 11.4 Å². The molecule has 0 saturated carbocycles. The van der Waals surface area contributed by atoms with E-state index >= 15 is 0 Å². The number of carbonyl (C=O) groups is 2. The van der Waals surface area contributed by atoms with Crippen molar-refractivity contribution in [1.29, 1.82) is 0 Å². The van der Waals surface area contributed by atoms with E-state index < -0.39 is 23.5 Å². The number of halogens is 4. The van der Waals surface area contributed by atoms with E-state index in [1.165, 1.54) is 36.5 Å². The van der Waals surface area contributed by atoms with Crippen molar-refractivity contribution in [2.24, 2.45) is 7.05 Å². The summed E-state index contributed by atoms with van der Waals surface area (Å²) in [6.07, 6.45) is -2.66. The standard InChI is InChI=1S/C37H38F4N8O2/c1-4-48-13-15-49(16-14-48)22-26-8-9-27(19-29(26)37(39,40)41)45-33(50)18-23-5-10-30(38)24(17-23)6-7-25-21-44-36(42-2)46-34(25)32-20-28-31(47(32)3)11-12-43-35(28)51/h5,8-10,17,19-21H,4,11-16,18,22H2,1-3H3,(H,43,51)(H,45,50)(H,42,44,46). The molecular weight excluding hydrogens is 664 g/mol. The number of carbonyl (C=O) groups excluding carboxylic acids is 2. The molecule has 0 atom stereocenters. The first kappa shape index (κ1) is 35.6. The number of rotatable bonds is 8. The SMILES string of the molecule is CCN1CCN(Cc2ccc(NC(=O)Cc3ccc(F)c(C#Cc4cnc(NC)nc4-c4cc5c(n4C)CCNC5=O)c3)cc2C(F)(F)F)CC1. The van der Waals surface area contributed by atoms with Crippen LogP contribution in [0.3, 0.4) is 0 Å². The van der Waals surface area contributed by atoms with Gasteiger partial charge in [0.1, 0.15) is 11.5 Å². The summed E-state index contributed by atoms with van der Waals surface area (Å²) in [6.45, 7) is 6.62. The Kier molecular flexibility index (Phi) is 10.4. The molecule has 2 aliphatic heterocycles. The van der Waals surface area contributed by atoms with Gasteiger partial charge in [0.05, 0.1) is 34.4 Å². The number of piperazine rings is 1. The molecule has 2 aliphatic rings. The summed E-state index contributed by atoms with van der Waals surface area (Å²) in [7, 11) is 3.51. The Bertz CT molecular complexity index is 2020. The predicted octanol–water partition coefficient (Wildman–Crippen LogP) is 4.69. The maximum absolute atomic E-state index is 15.0. The second-order valence-corrected chi connectivity index (χ2v) is 12.5. The summed E-state index contributed by atoms with van der Waals surface area (Å²) in [4.78, 5) is 38.6. The van der Waals surface area contributed by atoms with Crippen LogP contribution in [-0.2, 0) is 37.4 Å². The Balaban J connectivity index is 1.19. The van der Waals surface area contributed by atoms with Gasteiger partial charge in [0, 0.05) is 77.4 Å². The average molecular weight is 703 g/mol. The lowest BCUT2D eigenvalue weighted by Gasteiger charge is -2.34. The Morgan fingerprint density at radius 3 is 2.47 bits per heavy atom. The van der Waals surface area contributed by atoms with Crippen molar-refractivity contribution in [3.05, 3.63) is 93.6 Å². The molecule has 0 unspecified atom stereocenters. The van der Waals surface area contributed by atoms with Crippen molar-refractivity contribution in [2.75, 3.05) is 56.9 Å². The zero-order valence-electron chi connectivity index (χ0n) is 28.5. The first-order valence-corrected chi connectivity index (χ1v) is 16.7. The second-order valence-electron chi connectivity index (χ2n) is 12.5. The monoisotopic (exact) mass is 702 g/mol. The van der Waals surface area contributed by atoms with E-state index in [2.05, 4.69) is 49.6 Å². The number of hydrogen-bond acceptors (Lipinski definition) is 7. The van der Waals surface area contributed by atoms with Gasteiger partial charge in [-0.05, 0) is 48.0 Å². The van der Waals surface area contributed by atoms with Gasteiger partial charge in [0.15, 0.2) is 0 Å². The zero-order valence-corrected chi connectivity index (χ0v) is 28.5. The van der Waals surface area contributed by atoms with Gasteiger partial charge in [0.2, 0.25) is 11.9 Å². The van der Waals surface area contributed by atoms with Crippen LogP contribution >= 0.6 is 0 Å². The van der Waals surface area contributed by atoms with Crippen LogP contribution in [-0.4, -0.2) is 82.5 Å². The molecule has 2 amide bonds. The van der Waals surface area contributed by atoms with Crippen molar-refractivity contribution < 1.29 is 27.2 Å². The first-order valence-electron chi connectivity index (χ1n) is 16.7. The van der Waals surface area contributed by atoms with Gasteiger partial charge in [-0.25, -0.2) is 14.4 Å². The number of benzene rings is 2. The molecule has 0 aliphatic carbocycles.